The van der Waals surface area contributed by atoms with Crippen molar-refractivity contribution in [3.05, 3.63) is 214 Å². The summed E-state index contributed by atoms with van der Waals surface area (Å²) >= 11 is 2.03. The van der Waals surface area contributed by atoms with E-state index in [9.17, 15) is 0 Å². The largest absolute Gasteiger partial charge is 0.311 e. The van der Waals surface area contributed by atoms with Gasteiger partial charge < -0.3 is 14.7 Å². The standard InChI is InChI=1S/C86H96BN3S/c1-79(2,3)54-29-34-57(35-30-54)88(58-36-31-55(32-37-58)80(4,5)6)60-49-73-75-74(50-60)90(70-41-33-56(81(7,8)9)47-63(70)53-25-22-21-23-26-53)71-42-39-62-61-27-24-28-65(82(10,11)12)77(61)91-78(62)76(71)87(75)69-51-67-68(86(19,20)46-45-85(67,17)18)52-72(69)89(73)59-38-40-64-66(48-59)84(15,16)44-43-83(64,13)14/h21-42,47-52H,43-46H2,1-20H3. The molecule has 2 aliphatic carbocycles. The molecule has 5 heteroatoms. The normalized spacial score (nSPS) is 17.1. The second-order valence-electron chi connectivity index (χ2n) is 34.4. The van der Waals surface area contributed by atoms with E-state index in [-0.39, 0.29) is 50.0 Å². The molecule has 91 heavy (non-hydrogen) atoms. The SMILES string of the molecule is CC(C)(C)c1ccc(N(c2ccc(C(C)(C)C)cc2)c2cc3c4c(c2)N(c2ccc(C(C)(C)C)cc2-c2ccccc2)c2ccc5c(sc6c(C(C)(C)C)cccc65)c2B4c2cc4c(cc2N3c2ccc3c(c2)C(C)(C)CCC3(C)C)C(C)(C)CCC4(C)C)cc1. The van der Waals surface area contributed by atoms with Crippen molar-refractivity contribution in [2.45, 2.75) is 207 Å². The molecule has 0 N–H and O–H groups in total. The third-order valence-electron chi connectivity index (χ3n) is 22.0. The Hall–Kier alpha value is -7.34. The van der Waals surface area contributed by atoms with Gasteiger partial charge in [-0.25, -0.2) is 0 Å². The molecule has 1 aromatic heterocycles. The maximum absolute atomic E-state index is 2.76. The van der Waals surface area contributed by atoms with Gasteiger partial charge in [0.05, 0.1) is 11.4 Å². The van der Waals surface area contributed by atoms with Gasteiger partial charge in [-0.05, 0) is 214 Å². The molecule has 14 rings (SSSR count). The highest BCUT2D eigenvalue weighted by molar-refractivity contribution is 7.28. The van der Waals surface area contributed by atoms with Gasteiger partial charge in [-0.1, -0.05) is 236 Å². The lowest BCUT2D eigenvalue weighted by molar-refractivity contribution is 0.332. The fraction of sp³-hybridized carbons (Fsp3) is 0.372. The highest BCUT2D eigenvalue weighted by Gasteiger charge is 2.49. The van der Waals surface area contributed by atoms with Crippen molar-refractivity contribution in [1.82, 2.24) is 0 Å². The lowest BCUT2D eigenvalue weighted by atomic mass is 9.33. The van der Waals surface area contributed by atoms with Crippen LogP contribution < -0.4 is 31.1 Å². The maximum Gasteiger partial charge on any atom is 0.254 e. The fourth-order valence-electron chi connectivity index (χ4n) is 16.1. The molecule has 2 aliphatic heterocycles. The van der Waals surface area contributed by atoms with Crippen LogP contribution in [0.4, 0.5) is 51.2 Å². The highest BCUT2D eigenvalue weighted by Crippen LogP contribution is 2.56. The molecule has 0 bridgehead atoms. The predicted molar refractivity (Wildman–Crippen MR) is 399 cm³/mol. The Morgan fingerprint density at radius 1 is 0.374 bits per heavy atom. The van der Waals surface area contributed by atoms with Crippen LogP contribution in [0.25, 0.3) is 31.3 Å². The third kappa shape index (κ3) is 10.0. The Kier molecular flexibility index (Phi) is 13.8. The summed E-state index contributed by atoms with van der Waals surface area (Å²) in [5.74, 6) is 0. The van der Waals surface area contributed by atoms with Crippen LogP contribution >= 0.6 is 11.3 Å². The summed E-state index contributed by atoms with van der Waals surface area (Å²) in [6, 6.07) is 68.0. The minimum Gasteiger partial charge on any atom is -0.311 e. The second-order valence-corrected chi connectivity index (χ2v) is 35.4. The molecule has 0 spiro atoms. The molecular formula is C86H96BN3S. The average Bonchev–Trinajstić information content (AvgIpc) is 1.55. The summed E-state index contributed by atoms with van der Waals surface area (Å²) in [6.45, 7) is 48.0. The smallest absolute Gasteiger partial charge is 0.254 e. The van der Waals surface area contributed by atoms with Crippen LogP contribution in [0, 0.1) is 0 Å². The monoisotopic (exact) mass is 1210 g/mol. The quantitative estimate of drug-likeness (QED) is 0.154. The van der Waals surface area contributed by atoms with E-state index < -0.39 is 0 Å². The van der Waals surface area contributed by atoms with E-state index in [1.165, 1.54) is 126 Å². The molecule has 464 valence electrons. The summed E-state index contributed by atoms with van der Waals surface area (Å²) in [7, 11) is 0. The zero-order valence-electron chi connectivity index (χ0n) is 58.3. The van der Waals surface area contributed by atoms with Gasteiger partial charge in [-0.15, -0.1) is 11.3 Å². The maximum atomic E-state index is 2.76. The molecule has 10 aromatic rings. The van der Waals surface area contributed by atoms with Crippen LogP contribution in [0.1, 0.15) is 209 Å². The Balaban J connectivity index is 1.19. The number of benzene rings is 9. The van der Waals surface area contributed by atoms with Crippen molar-refractivity contribution in [2.75, 3.05) is 14.7 Å². The zero-order chi connectivity index (χ0) is 64.7. The average molecular weight is 1210 g/mol. The number of rotatable bonds is 6. The van der Waals surface area contributed by atoms with Crippen molar-refractivity contribution < 1.29 is 0 Å². The van der Waals surface area contributed by atoms with Gasteiger partial charge in [-0.3, -0.25) is 0 Å². The number of anilines is 9. The lowest BCUT2D eigenvalue weighted by Crippen LogP contribution is -2.62. The van der Waals surface area contributed by atoms with Crippen LogP contribution in [0.15, 0.2) is 170 Å². The molecule has 9 aromatic carbocycles. The van der Waals surface area contributed by atoms with Crippen LogP contribution in [-0.2, 0) is 43.3 Å². The van der Waals surface area contributed by atoms with Crippen LogP contribution in [0.3, 0.4) is 0 Å². The number of thiophene rings is 1. The van der Waals surface area contributed by atoms with Crippen LogP contribution in [0.2, 0.25) is 0 Å². The first-order valence-corrected chi connectivity index (χ1v) is 34.8. The molecule has 0 saturated heterocycles. The molecule has 4 aliphatic rings. The van der Waals surface area contributed by atoms with Gasteiger partial charge in [0.1, 0.15) is 0 Å². The van der Waals surface area contributed by atoms with E-state index in [1.807, 2.05) is 11.3 Å². The lowest BCUT2D eigenvalue weighted by Gasteiger charge is -2.48. The molecule has 0 atom stereocenters. The second kappa shape index (κ2) is 20.6. The van der Waals surface area contributed by atoms with Crippen LogP contribution in [0.5, 0.6) is 0 Å². The molecule has 0 fully saturated rings. The number of hydrogen-bond donors (Lipinski definition) is 0. The number of nitrogens with zero attached hydrogens (tertiary/aromatic N) is 3. The molecule has 3 heterocycles. The number of hydrogen-bond acceptors (Lipinski definition) is 4. The summed E-state index contributed by atoms with van der Waals surface area (Å²) in [5, 5.41) is 2.68. The van der Waals surface area contributed by atoms with E-state index in [0.29, 0.717) is 0 Å². The summed E-state index contributed by atoms with van der Waals surface area (Å²) in [4.78, 5) is 8.06. The molecule has 0 saturated carbocycles. The van der Waals surface area contributed by atoms with Crippen molar-refractivity contribution in [1.29, 1.82) is 0 Å². The first-order chi connectivity index (χ1) is 42.6. The predicted octanol–water partition coefficient (Wildman–Crippen LogP) is 23.2. The molecule has 0 radical (unpaired) electrons. The van der Waals surface area contributed by atoms with Crippen molar-refractivity contribution in [3.63, 3.8) is 0 Å². The summed E-state index contributed by atoms with van der Waals surface area (Å²) < 4.78 is 2.77. The Morgan fingerprint density at radius 3 is 1.44 bits per heavy atom. The van der Waals surface area contributed by atoms with E-state index in [4.69, 9.17) is 0 Å². The van der Waals surface area contributed by atoms with E-state index in [2.05, 4.69) is 323 Å². The van der Waals surface area contributed by atoms with E-state index in [0.717, 1.165) is 42.7 Å². The van der Waals surface area contributed by atoms with Crippen LogP contribution in [-0.4, -0.2) is 6.71 Å². The van der Waals surface area contributed by atoms with E-state index >= 15 is 0 Å². The fourth-order valence-corrected chi connectivity index (χ4v) is 17.7. The summed E-state index contributed by atoms with van der Waals surface area (Å²) in [6.07, 6.45) is 4.57. The van der Waals surface area contributed by atoms with Gasteiger partial charge in [0, 0.05) is 60.2 Å². The number of fused-ring (bicyclic) bond motifs is 10. The zero-order valence-corrected chi connectivity index (χ0v) is 59.1. The van der Waals surface area contributed by atoms with Gasteiger partial charge in [0.2, 0.25) is 0 Å². The van der Waals surface area contributed by atoms with Crippen molar-refractivity contribution >= 4 is 106 Å². The van der Waals surface area contributed by atoms with Gasteiger partial charge in [0.15, 0.2) is 0 Å². The van der Waals surface area contributed by atoms with Crippen molar-refractivity contribution in [2.24, 2.45) is 0 Å². The Bertz CT molecular complexity index is 4500. The molecule has 0 unspecified atom stereocenters. The molecular weight excluding hydrogens is 1120 g/mol. The minimum atomic E-state index is -0.120. The minimum absolute atomic E-state index is 0.0120. The van der Waals surface area contributed by atoms with Gasteiger partial charge in [0.25, 0.3) is 6.71 Å². The van der Waals surface area contributed by atoms with Crippen molar-refractivity contribution in [3.8, 4) is 11.1 Å². The van der Waals surface area contributed by atoms with Gasteiger partial charge in [-0.2, -0.15) is 0 Å². The summed E-state index contributed by atoms with van der Waals surface area (Å²) in [5.41, 5.74) is 28.4. The highest BCUT2D eigenvalue weighted by atomic mass is 32.1. The Morgan fingerprint density at radius 2 is 0.879 bits per heavy atom. The first-order valence-electron chi connectivity index (χ1n) is 33.9. The molecule has 0 amide bonds. The molecule has 3 nitrogen and oxygen atoms in total. The van der Waals surface area contributed by atoms with E-state index in [1.54, 1.807) is 0 Å². The van der Waals surface area contributed by atoms with Gasteiger partial charge >= 0.3 is 0 Å². The third-order valence-corrected chi connectivity index (χ3v) is 23.3. The topological polar surface area (TPSA) is 9.72 Å². The first kappa shape index (κ1) is 61.2. The Labute approximate surface area is 550 Å².